The number of likely N-dealkylation sites (tertiary alicyclic amines) is 1. The molecule has 0 bridgehead atoms. The van der Waals surface area contributed by atoms with Crippen molar-refractivity contribution in [2.75, 3.05) is 32.8 Å². The third-order valence-corrected chi connectivity index (χ3v) is 4.19. The molecule has 3 N–H and O–H groups in total. The van der Waals surface area contributed by atoms with Crippen LogP contribution in [0.15, 0.2) is 0 Å². The number of nitrogens with zero attached hydrogens (tertiary/aromatic N) is 1. The molecule has 2 atom stereocenters. The van der Waals surface area contributed by atoms with Crippen molar-refractivity contribution >= 4 is 12.0 Å². The first-order valence-corrected chi connectivity index (χ1v) is 7.18. The summed E-state index contributed by atoms with van der Waals surface area (Å²) < 4.78 is 5.10. The number of rotatable bonds is 5. The van der Waals surface area contributed by atoms with Crippen LogP contribution in [0.5, 0.6) is 0 Å². The van der Waals surface area contributed by atoms with Gasteiger partial charge in [-0.15, -0.1) is 0 Å². The molecule has 2 fully saturated rings. The van der Waals surface area contributed by atoms with Crippen molar-refractivity contribution in [2.45, 2.75) is 37.8 Å². The van der Waals surface area contributed by atoms with E-state index in [1.54, 1.807) is 0 Å². The largest absolute Gasteiger partial charge is 0.479 e. The number of carbonyl (C=O) groups is 2. The molecule has 2 amide bonds. The Morgan fingerprint density at radius 3 is 2.90 bits per heavy atom. The fourth-order valence-corrected chi connectivity index (χ4v) is 2.90. The van der Waals surface area contributed by atoms with Crippen LogP contribution in [-0.2, 0) is 9.53 Å². The first kappa shape index (κ1) is 15.1. The van der Waals surface area contributed by atoms with Crippen LogP contribution in [0.4, 0.5) is 4.79 Å². The molecule has 0 aromatic heterocycles. The first-order valence-electron chi connectivity index (χ1n) is 7.18. The maximum atomic E-state index is 11.9. The Morgan fingerprint density at radius 1 is 1.50 bits per heavy atom. The van der Waals surface area contributed by atoms with Gasteiger partial charge in [0, 0.05) is 25.6 Å². The molecule has 0 saturated carbocycles. The quantitative estimate of drug-likeness (QED) is 0.662. The number of aliphatic carboxylic acids is 1. The molecular weight excluding hydrogens is 262 g/mol. The van der Waals surface area contributed by atoms with Crippen molar-refractivity contribution in [2.24, 2.45) is 0 Å². The van der Waals surface area contributed by atoms with E-state index < -0.39 is 17.5 Å². The van der Waals surface area contributed by atoms with E-state index in [0.717, 1.165) is 25.9 Å². The highest BCUT2D eigenvalue weighted by Gasteiger charge is 2.44. The van der Waals surface area contributed by atoms with Crippen LogP contribution in [0.3, 0.4) is 0 Å². The number of likely N-dealkylation sites (N-methyl/N-ethyl adjacent to an activating group) is 1. The molecule has 2 aliphatic heterocycles. The number of nitrogens with one attached hydrogen (secondary N) is 2. The first-order chi connectivity index (χ1) is 9.57. The predicted octanol–water partition coefficient (Wildman–Crippen LogP) is 0.0136. The minimum absolute atomic E-state index is 0.0280. The van der Waals surface area contributed by atoms with Gasteiger partial charge in [0.2, 0.25) is 0 Å². The van der Waals surface area contributed by atoms with Crippen molar-refractivity contribution in [1.29, 1.82) is 0 Å². The lowest BCUT2D eigenvalue weighted by Gasteiger charge is -2.26. The summed E-state index contributed by atoms with van der Waals surface area (Å²) in [4.78, 5) is 25.5. The Balaban J connectivity index is 1.81. The summed E-state index contributed by atoms with van der Waals surface area (Å²) in [5, 5.41) is 14.6. The van der Waals surface area contributed by atoms with E-state index in [0.29, 0.717) is 25.6 Å². The van der Waals surface area contributed by atoms with Crippen molar-refractivity contribution in [1.82, 2.24) is 15.5 Å². The van der Waals surface area contributed by atoms with Crippen LogP contribution < -0.4 is 10.6 Å². The summed E-state index contributed by atoms with van der Waals surface area (Å²) in [5.41, 5.74) is -1.27. The summed E-state index contributed by atoms with van der Waals surface area (Å²) in [6.45, 7) is 5.08. The second-order valence-corrected chi connectivity index (χ2v) is 5.45. The molecule has 7 nitrogen and oxygen atoms in total. The van der Waals surface area contributed by atoms with E-state index in [2.05, 4.69) is 22.5 Å². The third kappa shape index (κ3) is 3.21. The summed E-state index contributed by atoms with van der Waals surface area (Å²) >= 11 is 0. The lowest BCUT2D eigenvalue weighted by molar-refractivity contribution is -0.144. The van der Waals surface area contributed by atoms with E-state index in [-0.39, 0.29) is 6.61 Å². The second-order valence-electron chi connectivity index (χ2n) is 5.45. The number of hydrogen-bond donors (Lipinski definition) is 3. The molecule has 2 rings (SSSR count). The van der Waals surface area contributed by atoms with Gasteiger partial charge >= 0.3 is 12.0 Å². The zero-order chi connectivity index (χ0) is 14.6. The molecular formula is C13H23N3O4. The van der Waals surface area contributed by atoms with Crippen molar-refractivity contribution in [3.05, 3.63) is 0 Å². The lowest BCUT2D eigenvalue weighted by Crippen LogP contribution is -2.58. The molecule has 0 spiro atoms. The topological polar surface area (TPSA) is 90.9 Å². The van der Waals surface area contributed by atoms with Gasteiger partial charge in [-0.1, -0.05) is 6.92 Å². The van der Waals surface area contributed by atoms with Gasteiger partial charge in [0.05, 0.1) is 6.61 Å². The standard InChI is InChI=1S/C13H23N3O4/c1-2-16-6-3-4-10(16)8-14-12(19)15-13(11(17)18)5-7-20-9-13/h10H,2-9H2,1H3,(H,17,18)(H2,14,15,19). The maximum absolute atomic E-state index is 11.9. The van der Waals surface area contributed by atoms with Crippen LogP contribution >= 0.6 is 0 Å². The van der Waals surface area contributed by atoms with E-state index in [1.807, 2.05) is 0 Å². The monoisotopic (exact) mass is 285 g/mol. The van der Waals surface area contributed by atoms with Gasteiger partial charge in [-0.2, -0.15) is 0 Å². The third-order valence-electron chi connectivity index (χ3n) is 4.19. The molecule has 2 saturated heterocycles. The Morgan fingerprint density at radius 2 is 2.30 bits per heavy atom. The SMILES string of the molecule is CCN1CCCC1CNC(=O)NC1(C(=O)O)CCOC1. The van der Waals surface area contributed by atoms with Gasteiger partial charge < -0.3 is 20.5 Å². The van der Waals surface area contributed by atoms with Gasteiger partial charge in [-0.25, -0.2) is 9.59 Å². The molecule has 114 valence electrons. The zero-order valence-electron chi connectivity index (χ0n) is 11.9. The van der Waals surface area contributed by atoms with Gasteiger partial charge in [-0.05, 0) is 25.9 Å². The number of urea groups is 1. The Hall–Kier alpha value is -1.34. The number of carboxylic acids is 1. The van der Waals surface area contributed by atoms with Crippen molar-refractivity contribution in [3.8, 4) is 0 Å². The highest BCUT2D eigenvalue weighted by Crippen LogP contribution is 2.19. The lowest BCUT2D eigenvalue weighted by atomic mass is 9.99. The average molecular weight is 285 g/mol. The summed E-state index contributed by atoms with van der Waals surface area (Å²) in [6, 6.07) is -0.0767. The minimum atomic E-state index is -1.27. The fraction of sp³-hybridized carbons (Fsp3) is 0.846. The van der Waals surface area contributed by atoms with Crippen molar-refractivity contribution < 1.29 is 19.4 Å². The molecule has 20 heavy (non-hydrogen) atoms. The molecule has 2 unspecified atom stereocenters. The summed E-state index contributed by atoms with van der Waals surface area (Å²) in [6.07, 6.45) is 2.52. The average Bonchev–Trinajstić information content (AvgIpc) is 3.05. The highest BCUT2D eigenvalue weighted by molar-refractivity contribution is 5.86. The summed E-state index contributed by atoms with van der Waals surface area (Å²) in [7, 11) is 0. The van der Waals surface area contributed by atoms with E-state index in [9.17, 15) is 14.7 Å². The van der Waals surface area contributed by atoms with Crippen molar-refractivity contribution in [3.63, 3.8) is 0 Å². The highest BCUT2D eigenvalue weighted by atomic mass is 16.5. The number of ether oxygens (including phenoxy) is 1. The Kier molecular flexibility index (Phi) is 4.82. The van der Waals surface area contributed by atoms with E-state index in [1.165, 1.54) is 0 Å². The Bertz CT molecular complexity index is 369. The van der Waals surface area contributed by atoms with Gasteiger partial charge in [-0.3, -0.25) is 4.90 Å². The predicted molar refractivity (Wildman–Crippen MR) is 72.6 cm³/mol. The number of carboxylic acid groups (broad SMARTS) is 1. The maximum Gasteiger partial charge on any atom is 0.332 e. The van der Waals surface area contributed by atoms with Crippen LogP contribution in [0.1, 0.15) is 26.2 Å². The minimum Gasteiger partial charge on any atom is -0.479 e. The molecule has 0 aromatic carbocycles. The van der Waals surface area contributed by atoms with E-state index >= 15 is 0 Å². The molecule has 0 aliphatic carbocycles. The number of amides is 2. The normalized spacial score (nSPS) is 30.4. The fourth-order valence-electron chi connectivity index (χ4n) is 2.90. The zero-order valence-corrected chi connectivity index (χ0v) is 11.9. The summed E-state index contributed by atoms with van der Waals surface area (Å²) in [5.74, 6) is -1.04. The van der Waals surface area contributed by atoms with Crippen LogP contribution in [0.25, 0.3) is 0 Å². The van der Waals surface area contributed by atoms with Gasteiger partial charge in [0.1, 0.15) is 0 Å². The second kappa shape index (κ2) is 6.41. The van der Waals surface area contributed by atoms with Crippen LogP contribution in [0.2, 0.25) is 0 Å². The Labute approximate surface area is 118 Å². The number of hydrogen-bond acceptors (Lipinski definition) is 4. The van der Waals surface area contributed by atoms with E-state index in [4.69, 9.17) is 4.74 Å². The molecule has 0 aromatic rings. The van der Waals surface area contributed by atoms with Crippen LogP contribution in [0, 0.1) is 0 Å². The molecule has 2 aliphatic rings. The molecule has 7 heteroatoms. The molecule has 2 heterocycles. The smallest absolute Gasteiger partial charge is 0.332 e. The van der Waals surface area contributed by atoms with Gasteiger partial charge in [0.15, 0.2) is 5.54 Å². The van der Waals surface area contributed by atoms with Crippen LogP contribution in [-0.4, -0.2) is 66.4 Å². The number of carbonyl (C=O) groups excluding carboxylic acids is 1. The molecule has 0 radical (unpaired) electrons. The van der Waals surface area contributed by atoms with Gasteiger partial charge in [0.25, 0.3) is 0 Å².